The van der Waals surface area contributed by atoms with Gasteiger partial charge in [-0.3, -0.25) is 0 Å². The molecule has 1 aliphatic carbocycles. The van der Waals surface area contributed by atoms with E-state index in [0.29, 0.717) is 11.5 Å². The zero-order valence-electron chi connectivity index (χ0n) is 13.0. The fraction of sp³-hybridized carbons (Fsp3) is 0.500. The molecule has 0 unspecified atom stereocenters. The minimum Gasteiger partial charge on any atom is -0.370 e. The van der Waals surface area contributed by atoms with Gasteiger partial charge in [-0.25, -0.2) is 4.98 Å². The van der Waals surface area contributed by atoms with Crippen LogP contribution in [0.3, 0.4) is 0 Å². The molecule has 1 aliphatic heterocycles. The van der Waals surface area contributed by atoms with Crippen LogP contribution >= 0.6 is 0 Å². The van der Waals surface area contributed by atoms with Crippen molar-refractivity contribution in [2.75, 3.05) is 24.5 Å². The third-order valence-corrected chi connectivity index (χ3v) is 5.11. The number of nitrogens with one attached hydrogen (secondary N) is 1. The molecule has 1 aromatic carbocycles. The summed E-state index contributed by atoms with van der Waals surface area (Å²) >= 11 is 0. The van der Waals surface area contributed by atoms with Gasteiger partial charge in [-0.05, 0) is 31.4 Å². The summed E-state index contributed by atoms with van der Waals surface area (Å²) < 4.78 is 2.22. The van der Waals surface area contributed by atoms with Crippen molar-refractivity contribution in [1.82, 2.24) is 14.9 Å². The zero-order valence-corrected chi connectivity index (χ0v) is 13.0. The van der Waals surface area contributed by atoms with E-state index in [1.807, 2.05) is 12.5 Å². The van der Waals surface area contributed by atoms with Gasteiger partial charge in [-0.15, -0.1) is 0 Å². The number of para-hydroxylation sites is 1. The molecule has 2 heterocycles. The number of hydrogen-bond donors (Lipinski definition) is 1. The average Bonchev–Trinajstić information content (AvgIpc) is 2.94. The molecule has 0 amide bonds. The summed E-state index contributed by atoms with van der Waals surface area (Å²) in [5.41, 5.74) is 1.83. The molecule has 1 N–H and O–H groups in total. The van der Waals surface area contributed by atoms with E-state index in [0.717, 1.165) is 26.2 Å². The van der Waals surface area contributed by atoms with Crippen LogP contribution in [0, 0.1) is 5.41 Å². The molecule has 1 atom stereocenters. The van der Waals surface area contributed by atoms with Crippen LogP contribution in [0.2, 0.25) is 0 Å². The molecule has 22 heavy (non-hydrogen) atoms. The maximum atomic E-state index is 4.15. The van der Waals surface area contributed by atoms with E-state index in [1.165, 1.54) is 24.9 Å². The zero-order chi connectivity index (χ0) is 14.8. The molecule has 4 heteroatoms. The standard InChI is InChI=1S/C18H24N4/c1-2-4-17(5-3-1)22-10-6-16(12-22)20-13-18(7-8-18)14-21-11-9-19-15-21/h1-5,9,11,15-16,20H,6-8,10,12-14H2/t16-/m0/s1. The van der Waals surface area contributed by atoms with Crippen molar-refractivity contribution in [3.05, 3.63) is 49.1 Å². The molecule has 2 aliphatic rings. The summed E-state index contributed by atoms with van der Waals surface area (Å²) in [6.45, 7) is 4.54. The Morgan fingerprint density at radius 1 is 1.23 bits per heavy atom. The number of benzene rings is 1. The molecule has 4 rings (SSSR count). The highest BCUT2D eigenvalue weighted by Crippen LogP contribution is 2.46. The van der Waals surface area contributed by atoms with Crippen molar-refractivity contribution >= 4 is 5.69 Å². The van der Waals surface area contributed by atoms with Gasteiger partial charge in [0, 0.05) is 55.7 Å². The van der Waals surface area contributed by atoms with E-state index in [2.05, 4.69) is 56.3 Å². The highest BCUT2D eigenvalue weighted by molar-refractivity contribution is 5.47. The second-order valence-electron chi connectivity index (χ2n) is 6.88. The fourth-order valence-corrected chi connectivity index (χ4v) is 3.50. The van der Waals surface area contributed by atoms with Crippen LogP contribution in [0.25, 0.3) is 0 Å². The van der Waals surface area contributed by atoms with Crippen molar-refractivity contribution in [3.63, 3.8) is 0 Å². The molecule has 0 bridgehead atoms. The number of rotatable bonds is 6. The van der Waals surface area contributed by atoms with Gasteiger partial charge in [0.1, 0.15) is 0 Å². The van der Waals surface area contributed by atoms with E-state index in [9.17, 15) is 0 Å². The van der Waals surface area contributed by atoms with E-state index in [1.54, 1.807) is 0 Å². The monoisotopic (exact) mass is 296 g/mol. The van der Waals surface area contributed by atoms with Crippen LogP contribution in [0.15, 0.2) is 49.1 Å². The molecule has 116 valence electrons. The fourth-order valence-electron chi connectivity index (χ4n) is 3.50. The Kier molecular flexibility index (Phi) is 3.62. The first-order chi connectivity index (χ1) is 10.8. The lowest BCUT2D eigenvalue weighted by Crippen LogP contribution is -2.37. The number of anilines is 1. The predicted octanol–water partition coefficient (Wildman–Crippen LogP) is 2.53. The second-order valence-corrected chi connectivity index (χ2v) is 6.88. The molecule has 0 radical (unpaired) electrons. The van der Waals surface area contributed by atoms with Crippen LogP contribution < -0.4 is 10.2 Å². The van der Waals surface area contributed by atoms with Crippen LogP contribution in [-0.2, 0) is 6.54 Å². The first kappa shape index (κ1) is 13.8. The molecule has 4 nitrogen and oxygen atoms in total. The van der Waals surface area contributed by atoms with Gasteiger partial charge < -0.3 is 14.8 Å². The first-order valence-corrected chi connectivity index (χ1v) is 8.32. The van der Waals surface area contributed by atoms with Crippen molar-refractivity contribution in [3.8, 4) is 0 Å². The van der Waals surface area contributed by atoms with Crippen molar-refractivity contribution in [1.29, 1.82) is 0 Å². The first-order valence-electron chi connectivity index (χ1n) is 8.32. The summed E-state index contributed by atoms with van der Waals surface area (Å²) in [6, 6.07) is 11.4. The van der Waals surface area contributed by atoms with Crippen LogP contribution in [0.5, 0.6) is 0 Å². The summed E-state index contributed by atoms with van der Waals surface area (Å²) in [7, 11) is 0. The number of imidazole rings is 1. The van der Waals surface area contributed by atoms with E-state index >= 15 is 0 Å². The van der Waals surface area contributed by atoms with Crippen LogP contribution in [0.1, 0.15) is 19.3 Å². The molecule has 1 saturated heterocycles. The molecule has 1 aromatic heterocycles. The van der Waals surface area contributed by atoms with Gasteiger partial charge >= 0.3 is 0 Å². The van der Waals surface area contributed by atoms with Gasteiger partial charge in [0.15, 0.2) is 0 Å². The maximum Gasteiger partial charge on any atom is 0.0946 e. The highest BCUT2D eigenvalue weighted by Gasteiger charge is 2.43. The second kappa shape index (κ2) is 5.76. The van der Waals surface area contributed by atoms with Crippen molar-refractivity contribution in [2.45, 2.75) is 31.8 Å². The lowest BCUT2D eigenvalue weighted by molar-refractivity contribution is 0.371. The molecule has 2 fully saturated rings. The molecule has 2 aromatic rings. The molecular weight excluding hydrogens is 272 g/mol. The Labute approximate surface area is 132 Å². The quantitative estimate of drug-likeness (QED) is 0.889. The minimum atomic E-state index is 0.473. The number of nitrogens with zero attached hydrogens (tertiary/aromatic N) is 3. The smallest absolute Gasteiger partial charge is 0.0946 e. The summed E-state index contributed by atoms with van der Waals surface area (Å²) in [5, 5.41) is 3.82. The third kappa shape index (κ3) is 3.02. The molecular formula is C18H24N4. The predicted molar refractivity (Wildman–Crippen MR) is 89.0 cm³/mol. The molecule has 1 saturated carbocycles. The summed E-state index contributed by atoms with van der Waals surface area (Å²) in [4.78, 5) is 6.64. The van der Waals surface area contributed by atoms with E-state index in [-0.39, 0.29) is 0 Å². The normalized spacial score (nSPS) is 22.9. The van der Waals surface area contributed by atoms with Crippen LogP contribution in [-0.4, -0.2) is 35.2 Å². The highest BCUT2D eigenvalue weighted by atomic mass is 15.2. The Bertz CT molecular complexity index is 589. The lowest BCUT2D eigenvalue weighted by atomic mass is 10.1. The molecule has 0 spiro atoms. The van der Waals surface area contributed by atoms with Crippen LogP contribution in [0.4, 0.5) is 5.69 Å². The SMILES string of the molecule is c1ccc(N2CC[C@H](NCC3(Cn4ccnc4)CC3)C2)cc1. The van der Waals surface area contributed by atoms with E-state index in [4.69, 9.17) is 0 Å². The average molecular weight is 296 g/mol. The van der Waals surface area contributed by atoms with E-state index < -0.39 is 0 Å². The van der Waals surface area contributed by atoms with Gasteiger partial charge in [-0.1, -0.05) is 18.2 Å². The lowest BCUT2D eigenvalue weighted by Gasteiger charge is -2.21. The Morgan fingerprint density at radius 3 is 2.82 bits per heavy atom. The number of hydrogen-bond acceptors (Lipinski definition) is 3. The topological polar surface area (TPSA) is 33.1 Å². The number of aromatic nitrogens is 2. The van der Waals surface area contributed by atoms with Gasteiger partial charge in [0.25, 0.3) is 0 Å². The Hall–Kier alpha value is -1.81. The van der Waals surface area contributed by atoms with Gasteiger partial charge in [0.2, 0.25) is 0 Å². The van der Waals surface area contributed by atoms with Crippen molar-refractivity contribution < 1.29 is 0 Å². The maximum absolute atomic E-state index is 4.15. The van der Waals surface area contributed by atoms with Gasteiger partial charge in [0.05, 0.1) is 6.33 Å². The largest absolute Gasteiger partial charge is 0.370 e. The van der Waals surface area contributed by atoms with Gasteiger partial charge in [-0.2, -0.15) is 0 Å². The third-order valence-electron chi connectivity index (χ3n) is 5.11. The Balaban J connectivity index is 1.28. The Morgan fingerprint density at radius 2 is 2.09 bits per heavy atom. The van der Waals surface area contributed by atoms with Crippen molar-refractivity contribution in [2.24, 2.45) is 5.41 Å². The minimum absolute atomic E-state index is 0.473. The summed E-state index contributed by atoms with van der Waals surface area (Å²) in [6.07, 6.45) is 9.81. The summed E-state index contributed by atoms with van der Waals surface area (Å²) in [5.74, 6) is 0.